The van der Waals surface area contributed by atoms with Gasteiger partial charge in [-0.1, -0.05) is 0 Å². The Balaban J connectivity index is 2.36. The summed E-state index contributed by atoms with van der Waals surface area (Å²) < 4.78 is 20.9. The zero-order chi connectivity index (χ0) is 19.1. The summed E-state index contributed by atoms with van der Waals surface area (Å²) in [4.78, 5) is 10.9. The average Bonchev–Trinajstić information content (AvgIpc) is 2.65. The zero-order valence-electron chi connectivity index (χ0n) is 14.8. The number of amides is 1. The summed E-state index contributed by atoms with van der Waals surface area (Å²) in [6, 6.07) is 8.03. The van der Waals surface area contributed by atoms with Gasteiger partial charge in [0.05, 0.1) is 45.5 Å². The van der Waals surface area contributed by atoms with Crippen molar-refractivity contribution >= 4 is 23.2 Å². The first-order valence-electron chi connectivity index (χ1n) is 7.42. The number of rotatable bonds is 7. The lowest BCUT2D eigenvalue weighted by Crippen LogP contribution is -2.08. The molecule has 0 saturated carbocycles. The fourth-order valence-electron chi connectivity index (χ4n) is 2.21. The molecule has 0 radical (unpaired) electrons. The first-order chi connectivity index (χ1) is 12.5. The van der Waals surface area contributed by atoms with E-state index in [9.17, 15) is 4.79 Å². The molecule has 0 aliphatic rings. The van der Waals surface area contributed by atoms with Gasteiger partial charge in [-0.05, 0) is 18.2 Å². The Hall–Kier alpha value is -3.49. The first kappa shape index (κ1) is 18.8. The van der Waals surface area contributed by atoms with Crippen LogP contribution in [-0.2, 0) is 0 Å². The van der Waals surface area contributed by atoms with Crippen LogP contribution in [0, 0.1) is 0 Å². The van der Waals surface area contributed by atoms with Crippen LogP contribution in [0.25, 0.3) is 0 Å². The third kappa shape index (κ3) is 4.32. The van der Waals surface area contributed by atoms with E-state index in [4.69, 9.17) is 24.1 Å². The van der Waals surface area contributed by atoms with E-state index in [1.807, 2.05) is 0 Å². The fourth-order valence-corrected chi connectivity index (χ4v) is 2.21. The van der Waals surface area contributed by atoms with Gasteiger partial charge >= 0.3 is 6.09 Å². The molecule has 0 unspecified atom stereocenters. The van der Waals surface area contributed by atoms with Crippen LogP contribution in [0.15, 0.2) is 40.6 Å². The Morgan fingerprint density at radius 3 is 1.92 bits per heavy atom. The molecule has 2 N–H and O–H groups in total. The van der Waals surface area contributed by atoms with Crippen LogP contribution in [0.2, 0.25) is 0 Å². The molecule has 0 aliphatic heterocycles. The van der Waals surface area contributed by atoms with Gasteiger partial charge in [0, 0.05) is 12.1 Å². The lowest BCUT2D eigenvalue weighted by molar-refractivity contribution is 0.209. The van der Waals surface area contributed by atoms with Gasteiger partial charge in [-0.2, -0.15) is 10.2 Å². The van der Waals surface area contributed by atoms with E-state index in [-0.39, 0.29) is 5.69 Å². The lowest BCUT2D eigenvalue weighted by atomic mass is 10.2. The number of hydrogen-bond acceptors (Lipinski definition) is 7. The van der Waals surface area contributed by atoms with Crippen molar-refractivity contribution in [2.24, 2.45) is 10.2 Å². The molecule has 0 aromatic heterocycles. The minimum atomic E-state index is -1.21. The summed E-state index contributed by atoms with van der Waals surface area (Å²) in [5, 5.41) is 19.4. The number of ether oxygens (including phenoxy) is 4. The molecule has 0 bridgehead atoms. The largest absolute Gasteiger partial charge is 0.495 e. The normalized spacial score (nSPS) is 10.5. The number of nitrogens with one attached hydrogen (secondary N) is 1. The van der Waals surface area contributed by atoms with Crippen LogP contribution >= 0.6 is 0 Å². The van der Waals surface area contributed by atoms with Crippen molar-refractivity contribution in [3.63, 3.8) is 0 Å². The van der Waals surface area contributed by atoms with Crippen molar-refractivity contribution in [1.82, 2.24) is 0 Å². The number of carboxylic acid groups (broad SMARTS) is 1. The number of anilines is 1. The van der Waals surface area contributed by atoms with Gasteiger partial charge in [-0.15, -0.1) is 0 Å². The smallest absolute Gasteiger partial charge is 0.409 e. The highest BCUT2D eigenvalue weighted by Crippen LogP contribution is 2.41. The molecule has 2 aromatic rings. The molecule has 0 heterocycles. The highest BCUT2D eigenvalue weighted by molar-refractivity contribution is 5.86. The van der Waals surface area contributed by atoms with E-state index in [0.717, 1.165) is 0 Å². The second-order valence-corrected chi connectivity index (χ2v) is 4.90. The SMILES string of the molecule is COc1ccc(/N=N/c2cc(OC)c(OC)c(OC)c2)cc1NC(=O)O. The van der Waals surface area contributed by atoms with Gasteiger partial charge in [0.1, 0.15) is 5.75 Å². The fraction of sp³-hybridized carbons (Fsp3) is 0.235. The molecule has 0 saturated heterocycles. The van der Waals surface area contributed by atoms with E-state index in [1.165, 1.54) is 34.5 Å². The number of benzene rings is 2. The maximum Gasteiger partial charge on any atom is 0.409 e. The van der Waals surface area contributed by atoms with E-state index in [1.54, 1.807) is 24.3 Å². The van der Waals surface area contributed by atoms with Crippen LogP contribution in [0.5, 0.6) is 23.0 Å². The molecule has 9 heteroatoms. The Morgan fingerprint density at radius 1 is 0.846 bits per heavy atom. The Bertz CT molecular complexity index is 797. The number of hydrogen-bond donors (Lipinski definition) is 2. The van der Waals surface area contributed by atoms with Crippen molar-refractivity contribution in [3.8, 4) is 23.0 Å². The molecule has 2 aromatic carbocycles. The molecular weight excluding hydrogens is 342 g/mol. The molecule has 0 spiro atoms. The van der Waals surface area contributed by atoms with Crippen LogP contribution in [0.4, 0.5) is 21.9 Å². The molecule has 0 aliphatic carbocycles. The summed E-state index contributed by atoms with van der Waals surface area (Å²) in [6.45, 7) is 0. The minimum Gasteiger partial charge on any atom is -0.495 e. The van der Waals surface area contributed by atoms with Crippen molar-refractivity contribution in [2.45, 2.75) is 0 Å². The second kappa shape index (κ2) is 8.56. The Labute approximate surface area is 150 Å². The van der Waals surface area contributed by atoms with Crippen molar-refractivity contribution in [2.75, 3.05) is 33.8 Å². The highest BCUT2D eigenvalue weighted by Gasteiger charge is 2.13. The van der Waals surface area contributed by atoms with Crippen molar-refractivity contribution in [1.29, 1.82) is 0 Å². The standard InChI is InChI=1S/C17H19N3O6/c1-23-13-6-5-10(7-12(13)18-17(21)22)19-20-11-8-14(24-2)16(26-4)15(9-11)25-3/h5-9,18H,1-4H3,(H,21,22)/b20-19+. The minimum absolute atomic E-state index is 0.265. The average molecular weight is 361 g/mol. The van der Waals surface area contributed by atoms with Crippen LogP contribution in [0.3, 0.4) is 0 Å². The van der Waals surface area contributed by atoms with Gasteiger partial charge in [-0.3, -0.25) is 5.32 Å². The van der Waals surface area contributed by atoms with Gasteiger partial charge < -0.3 is 24.1 Å². The van der Waals surface area contributed by atoms with Crippen molar-refractivity contribution < 1.29 is 28.8 Å². The van der Waals surface area contributed by atoms with Gasteiger partial charge in [-0.25, -0.2) is 4.79 Å². The summed E-state index contributed by atoms with van der Waals surface area (Å²) in [6.07, 6.45) is -1.21. The maximum absolute atomic E-state index is 10.9. The predicted octanol–water partition coefficient (Wildman–Crippen LogP) is 4.23. The lowest BCUT2D eigenvalue weighted by Gasteiger charge is -2.12. The molecule has 1 amide bonds. The monoisotopic (exact) mass is 361 g/mol. The predicted molar refractivity (Wildman–Crippen MR) is 94.9 cm³/mol. The van der Waals surface area contributed by atoms with Gasteiger partial charge in [0.15, 0.2) is 11.5 Å². The Kier molecular flexibility index (Phi) is 6.20. The summed E-state index contributed by atoms with van der Waals surface area (Å²) in [5.41, 5.74) is 1.17. The van der Waals surface area contributed by atoms with E-state index in [2.05, 4.69) is 15.5 Å². The molecule has 26 heavy (non-hydrogen) atoms. The van der Waals surface area contributed by atoms with Crippen LogP contribution < -0.4 is 24.3 Å². The third-order valence-corrected chi connectivity index (χ3v) is 3.36. The van der Waals surface area contributed by atoms with E-state index >= 15 is 0 Å². The number of methoxy groups -OCH3 is 4. The molecule has 0 atom stereocenters. The highest BCUT2D eigenvalue weighted by atomic mass is 16.5. The van der Waals surface area contributed by atoms with E-state index < -0.39 is 6.09 Å². The van der Waals surface area contributed by atoms with Gasteiger partial charge in [0.25, 0.3) is 0 Å². The van der Waals surface area contributed by atoms with Crippen LogP contribution in [0.1, 0.15) is 0 Å². The topological polar surface area (TPSA) is 111 Å². The van der Waals surface area contributed by atoms with Crippen molar-refractivity contribution in [3.05, 3.63) is 30.3 Å². The molecule has 0 fully saturated rings. The van der Waals surface area contributed by atoms with Gasteiger partial charge in [0.2, 0.25) is 5.75 Å². The number of nitrogens with zero attached hydrogens (tertiary/aromatic N) is 2. The zero-order valence-corrected chi connectivity index (χ0v) is 14.8. The van der Waals surface area contributed by atoms with Crippen LogP contribution in [-0.4, -0.2) is 39.6 Å². The molecule has 2 rings (SSSR count). The first-order valence-corrected chi connectivity index (χ1v) is 7.42. The summed E-state index contributed by atoms with van der Waals surface area (Å²) in [7, 11) is 5.96. The molecule has 9 nitrogen and oxygen atoms in total. The molecular formula is C17H19N3O6. The summed E-state index contributed by atoms with van der Waals surface area (Å²) >= 11 is 0. The summed E-state index contributed by atoms with van der Waals surface area (Å²) in [5.74, 6) is 1.72. The quantitative estimate of drug-likeness (QED) is 0.714. The second-order valence-electron chi connectivity index (χ2n) is 4.90. The number of carbonyl (C=O) groups is 1. The van der Waals surface area contributed by atoms with E-state index in [0.29, 0.717) is 34.4 Å². The molecule has 138 valence electrons. The third-order valence-electron chi connectivity index (χ3n) is 3.36. The number of azo groups is 1. The maximum atomic E-state index is 10.9. The Morgan fingerprint density at radius 2 is 1.42 bits per heavy atom.